The first kappa shape index (κ1) is 24.3. The van der Waals surface area contributed by atoms with E-state index in [4.69, 9.17) is 5.73 Å². The quantitative estimate of drug-likeness (QED) is 0.417. The highest BCUT2D eigenvalue weighted by atomic mass is 16.2. The van der Waals surface area contributed by atoms with Gasteiger partial charge in [0.2, 0.25) is 11.8 Å². The van der Waals surface area contributed by atoms with E-state index < -0.39 is 0 Å². The van der Waals surface area contributed by atoms with Gasteiger partial charge in [0, 0.05) is 12.6 Å². The van der Waals surface area contributed by atoms with Crippen molar-refractivity contribution in [2.45, 2.75) is 91.0 Å². The number of rotatable bonds is 8. The van der Waals surface area contributed by atoms with Gasteiger partial charge in [-0.15, -0.1) is 0 Å². The summed E-state index contributed by atoms with van der Waals surface area (Å²) in [6, 6.07) is 0.324. The molecule has 0 radical (unpaired) electrons. The van der Waals surface area contributed by atoms with Crippen LogP contribution in [-0.4, -0.2) is 53.8 Å². The van der Waals surface area contributed by atoms with Gasteiger partial charge in [-0.05, 0) is 112 Å². The largest absolute Gasteiger partial charge is 0.369 e. The van der Waals surface area contributed by atoms with Gasteiger partial charge >= 0.3 is 0 Å². The fraction of sp³-hybridized carbons (Fsp3) is 0.862. The average Bonchev–Trinajstić information content (AvgIpc) is 3.16. The summed E-state index contributed by atoms with van der Waals surface area (Å²) in [5, 5.41) is 0. The molecule has 1 spiro atoms. The number of allylic oxidation sites excluding steroid dienone is 2. The zero-order chi connectivity index (χ0) is 24.1. The SMILES string of the molecule is CC(C)(C)C1CCC(N(CCCCN2CCCC2)C(=O)[C@H]2[C@H](C(N)=O)[C@H]3C=C[C@@H]2C32CC2)CC1. The molecule has 0 aromatic carbocycles. The van der Waals surface area contributed by atoms with E-state index in [-0.39, 0.29) is 40.9 Å². The zero-order valence-corrected chi connectivity index (χ0v) is 21.8. The molecular weight excluding hydrogens is 422 g/mol. The van der Waals surface area contributed by atoms with E-state index >= 15 is 0 Å². The second-order valence-electron chi connectivity index (χ2n) is 13.3. The summed E-state index contributed by atoms with van der Waals surface area (Å²) in [6.45, 7) is 11.5. The molecule has 3 saturated carbocycles. The maximum Gasteiger partial charge on any atom is 0.227 e. The molecule has 5 nitrogen and oxygen atoms in total. The summed E-state index contributed by atoms with van der Waals surface area (Å²) in [5.74, 6) is 0.601. The molecule has 1 heterocycles. The van der Waals surface area contributed by atoms with Crippen molar-refractivity contribution in [2.75, 3.05) is 26.2 Å². The van der Waals surface area contributed by atoms with Crippen LogP contribution < -0.4 is 5.73 Å². The number of likely N-dealkylation sites (tertiary alicyclic amines) is 1. The van der Waals surface area contributed by atoms with E-state index in [0.29, 0.717) is 11.5 Å². The first-order chi connectivity index (χ1) is 16.2. The number of hydrogen-bond donors (Lipinski definition) is 1. The van der Waals surface area contributed by atoms with Crippen LogP contribution in [-0.2, 0) is 9.59 Å². The minimum absolute atomic E-state index is 0.172. The molecule has 0 aromatic rings. The Morgan fingerprint density at radius 3 is 2.15 bits per heavy atom. The maximum absolute atomic E-state index is 14.3. The standard InChI is InChI=1S/C29H47N3O2/c1-28(2,3)20-8-10-21(11-9-20)32(19-7-6-18-31-16-4-5-17-31)27(34)25-23-13-12-22(24(25)26(30)33)29(23)14-15-29/h12-13,20-25H,4-11,14-19H2,1-3H3,(H2,30,33)/t20?,21?,22-,23+,24-,25-/m1/s1. The number of carbonyl (C=O) groups is 2. The Bertz CT molecular complexity index is 797. The van der Waals surface area contributed by atoms with E-state index in [1.807, 2.05) is 0 Å². The fourth-order valence-corrected chi connectivity index (χ4v) is 8.26. The minimum Gasteiger partial charge on any atom is -0.369 e. The Labute approximate surface area is 206 Å². The highest BCUT2D eigenvalue weighted by molar-refractivity contribution is 5.90. The van der Waals surface area contributed by atoms with Gasteiger partial charge in [-0.2, -0.15) is 0 Å². The van der Waals surface area contributed by atoms with Gasteiger partial charge in [0.05, 0.1) is 11.8 Å². The highest BCUT2D eigenvalue weighted by Crippen LogP contribution is 2.72. The van der Waals surface area contributed by atoms with Gasteiger partial charge in [-0.25, -0.2) is 0 Å². The summed E-state index contributed by atoms with van der Waals surface area (Å²) in [4.78, 5) is 31.7. The van der Waals surface area contributed by atoms with E-state index in [1.165, 1.54) is 38.8 Å². The zero-order valence-electron chi connectivity index (χ0n) is 21.8. The number of hydrogen-bond acceptors (Lipinski definition) is 3. The van der Waals surface area contributed by atoms with Crippen molar-refractivity contribution >= 4 is 11.8 Å². The first-order valence-electron chi connectivity index (χ1n) is 14.2. The van der Waals surface area contributed by atoms with Crippen LogP contribution in [0.15, 0.2) is 12.2 Å². The monoisotopic (exact) mass is 469 g/mol. The highest BCUT2D eigenvalue weighted by Gasteiger charge is 2.70. The molecule has 1 saturated heterocycles. The molecule has 1 aliphatic heterocycles. The Morgan fingerprint density at radius 2 is 1.59 bits per heavy atom. The molecule has 4 aliphatic carbocycles. The van der Waals surface area contributed by atoms with Crippen LogP contribution in [0.2, 0.25) is 0 Å². The lowest BCUT2D eigenvalue weighted by molar-refractivity contribution is -0.144. The minimum atomic E-state index is -0.303. The molecule has 34 heavy (non-hydrogen) atoms. The molecule has 0 aromatic heterocycles. The van der Waals surface area contributed by atoms with Crippen molar-refractivity contribution in [1.29, 1.82) is 0 Å². The number of nitrogens with zero attached hydrogens (tertiary/aromatic N) is 2. The molecule has 0 unspecified atom stereocenters. The van der Waals surface area contributed by atoms with Crippen LogP contribution in [0, 0.1) is 40.4 Å². The third-order valence-corrected chi connectivity index (χ3v) is 10.4. The Balaban J connectivity index is 1.29. The molecule has 5 aliphatic rings. The predicted octanol–water partition coefficient (Wildman–Crippen LogP) is 4.61. The number of amides is 2. The Kier molecular flexibility index (Phi) is 6.63. The molecule has 2 N–H and O–H groups in total. The predicted molar refractivity (Wildman–Crippen MR) is 136 cm³/mol. The Hall–Kier alpha value is -1.36. The van der Waals surface area contributed by atoms with Gasteiger partial charge in [-0.3, -0.25) is 9.59 Å². The van der Waals surface area contributed by atoms with Gasteiger partial charge < -0.3 is 15.5 Å². The molecule has 2 amide bonds. The van der Waals surface area contributed by atoms with Crippen molar-refractivity contribution in [3.63, 3.8) is 0 Å². The first-order valence-corrected chi connectivity index (χ1v) is 14.2. The summed E-state index contributed by atoms with van der Waals surface area (Å²) in [6.07, 6.45) is 16.2. The van der Waals surface area contributed by atoms with Crippen LogP contribution in [0.1, 0.15) is 85.0 Å². The summed E-state index contributed by atoms with van der Waals surface area (Å²) >= 11 is 0. The maximum atomic E-state index is 14.3. The third kappa shape index (κ3) is 4.35. The van der Waals surface area contributed by atoms with Crippen LogP contribution >= 0.6 is 0 Å². The van der Waals surface area contributed by atoms with Crippen LogP contribution in [0.25, 0.3) is 0 Å². The molecule has 190 valence electrons. The fourth-order valence-electron chi connectivity index (χ4n) is 8.26. The van der Waals surface area contributed by atoms with Crippen molar-refractivity contribution in [3.8, 4) is 0 Å². The summed E-state index contributed by atoms with van der Waals surface area (Å²) < 4.78 is 0. The molecule has 2 bridgehead atoms. The van der Waals surface area contributed by atoms with Crippen LogP contribution in [0.3, 0.4) is 0 Å². The number of primary amides is 1. The van der Waals surface area contributed by atoms with E-state index in [0.717, 1.165) is 57.5 Å². The lowest BCUT2D eigenvalue weighted by Crippen LogP contribution is -2.50. The molecule has 4 fully saturated rings. The lowest BCUT2D eigenvalue weighted by Gasteiger charge is -2.43. The molecule has 5 rings (SSSR count). The molecule has 4 atom stereocenters. The van der Waals surface area contributed by atoms with Crippen LogP contribution in [0.5, 0.6) is 0 Å². The van der Waals surface area contributed by atoms with E-state index in [2.05, 4.69) is 42.7 Å². The number of carbonyl (C=O) groups excluding carboxylic acids is 2. The summed E-state index contributed by atoms with van der Waals surface area (Å²) in [5.41, 5.74) is 6.45. The van der Waals surface area contributed by atoms with E-state index in [1.54, 1.807) is 0 Å². The number of nitrogens with two attached hydrogens (primary N) is 1. The van der Waals surface area contributed by atoms with Crippen LogP contribution in [0.4, 0.5) is 0 Å². The van der Waals surface area contributed by atoms with Gasteiger partial charge in [-0.1, -0.05) is 32.9 Å². The number of unbranched alkanes of at least 4 members (excludes halogenated alkanes) is 1. The Morgan fingerprint density at radius 1 is 0.971 bits per heavy atom. The van der Waals surface area contributed by atoms with E-state index in [9.17, 15) is 9.59 Å². The van der Waals surface area contributed by atoms with Gasteiger partial charge in [0.1, 0.15) is 0 Å². The smallest absolute Gasteiger partial charge is 0.227 e. The second-order valence-corrected chi connectivity index (χ2v) is 13.3. The van der Waals surface area contributed by atoms with Crippen molar-refractivity contribution < 1.29 is 9.59 Å². The van der Waals surface area contributed by atoms with Crippen molar-refractivity contribution in [3.05, 3.63) is 12.2 Å². The van der Waals surface area contributed by atoms with Gasteiger partial charge in [0.25, 0.3) is 0 Å². The van der Waals surface area contributed by atoms with Crippen molar-refractivity contribution in [1.82, 2.24) is 9.80 Å². The van der Waals surface area contributed by atoms with Crippen molar-refractivity contribution in [2.24, 2.45) is 46.2 Å². The van der Waals surface area contributed by atoms with Gasteiger partial charge in [0.15, 0.2) is 0 Å². The topological polar surface area (TPSA) is 66.6 Å². The lowest BCUT2D eigenvalue weighted by atomic mass is 9.71. The third-order valence-electron chi connectivity index (χ3n) is 10.4. The normalized spacial score (nSPS) is 36.3. The molecule has 5 heteroatoms. The average molecular weight is 470 g/mol. The second kappa shape index (κ2) is 9.26. The molecular formula is C29H47N3O2. The summed E-state index contributed by atoms with van der Waals surface area (Å²) in [7, 11) is 0.